The van der Waals surface area contributed by atoms with Crippen LogP contribution in [0.4, 0.5) is 11.4 Å². The molecular weight excluding hydrogens is 314 g/mol. The molecule has 5 nitrogen and oxygen atoms in total. The molecule has 2 amide bonds. The first kappa shape index (κ1) is 17.1. The number of rotatable bonds is 5. The van der Waals surface area contributed by atoms with Crippen molar-refractivity contribution in [3.8, 4) is 0 Å². The Kier molecular flexibility index (Phi) is 5.43. The van der Waals surface area contributed by atoms with E-state index in [1.54, 1.807) is 6.20 Å². The van der Waals surface area contributed by atoms with Gasteiger partial charge in [0.25, 0.3) is 0 Å². The molecule has 1 aromatic heterocycles. The second kappa shape index (κ2) is 7.92. The zero-order valence-electron chi connectivity index (χ0n) is 14.4. The molecule has 0 aliphatic carbocycles. The van der Waals surface area contributed by atoms with E-state index in [0.29, 0.717) is 6.42 Å². The Morgan fingerprint density at radius 3 is 2.92 bits per heavy atom. The third kappa shape index (κ3) is 4.24. The number of carbonyl (C=O) groups is 2. The van der Waals surface area contributed by atoms with Gasteiger partial charge >= 0.3 is 0 Å². The van der Waals surface area contributed by atoms with Gasteiger partial charge in [0.05, 0.1) is 11.6 Å². The second-order valence-electron chi connectivity index (χ2n) is 6.36. The monoisotopic (exact) mass is 337 g/mol. The molecule has 5 heteroatoms. The number of hydrogen-bond acceptors (Lipinski definition) is 3. The van der Waals surface area contributed by atoms with E-state index in [4.69, 9.17) is 0 Å². The van der Waals surface area contributed by atoms with Gasteiger partial charge in [-0.25, -0.2) is 0 Å². The number of pyridine rings is 1. The van der Waals surface area contributed by atoms with Crippen LogP contribution in [0.5, 0.6) is 0 Å². The molecule has 1 aromatic carbocycles. The van der Waals surface area contributed by atoms with Crippen LogP contribution in [0.2, 0.25) is 0 Å². The summed E-state index contributed by atoms with van der Waals surface area (Å²) >= 11 is 0. The summed E-state index contributed by atoms with van der Waals surface area (Å²) in [5, 5.41) is 5.93. The quantitative estimate of drug-likeness (QED) is 0.870. The van der Waals surface area contributed by atoms with Gasteiger partial charge in [-0.2, -0.15) is 0 Å². The third-order valence-electron chi connectivity index (χ3n) is 4.44. The maximum absolute atomic E-state index is 12.8. The first-order valence-electron chi connectivity index (χ1n) is 8.82. The van der Waals surface area contributed by atoms with Crippen molar-refractivity contribution in [2.45, 2.75) is 44.9 Å². The molecule has 1 aliphatic rings. The minimum absolute atomic E-state index is 0.0434. The zero-order valence-corrected chi connectivity index (χ0v) is 14.4. The fourth-order valence-corrected chi connectivity index (χ4v) is 3.17. The molecule has 0 saturated heterocycles. The van der Waals surface area contributed by atoms with Gasteiger partial charge in [0, 0.05) is 24.0 Å². The van der Waals surface area contributed by atoms with Gasteiger partial charge in [0.1, 0.15) is 0 Å². The van der Waals surface area contributed by atoms with Crippen molar-refractivity contribution in [3.63, 3.8) is 0 Å². The molecule has 1 aliphatic heterocycles. The summed E-state index contributed by atoms with van der Waals surface area (Å²) in [4.78, 5) is 28.8. The summed E-state index contributed by atoms with van der Waals surface area (Å²) < 4.78 is 0. The van der Waals surface area contributed by atoms with E-state index in [1.165, 1.54) is 0 Å². The SMILES string of the molecule is CCCC(C(=O)Nc1ccc2c(c1)CCCC(=O)N2)c1ccccn1. The lowest BCUT2D eigenvalue weighted by Crippen LogP contribution is -2.22. The van der Waals surface area contributed by atoms with E-state index in [0.717, 1.165) is 48.3 Å². The number of nitrogens with zero attached hydrogens (tertiary/aromatic N) is 1. The van der Waals surface area contributed by atoms with Crippen LogP contribution >= 0.6 is 0 Å². The molecule has 3 rings (SSSR count). The number of aromatic nitrogens is 1. The molecule has 130 valence electrons. The zero-order chi connectivity index (χ0) is 17.6. The summed E-state index contributed by atoms with van der Waals surface area (Å²) in [7, 11) is 0. The Labute approximate surface area is 147 Å². The maximum Gasteiger partial charge on any atom is 0.233 e. The van der Waals surface area contributed by atoms with E-state index in [9.17, 15) is 9.59 Å². The van der Waals surface area contributed by atoms with Crippen LogP contribution in [0, 0.1) is 0 Å². The van der Waals surface area contributed by atoms with E-state index >= 15 is 0 Å². The van der Waals surface area contributed by atoms with Gasteiger partial charge in [0.15, 0.2) is 0 Å². The van der Waals surface area contributed by atoms with Crippen LogP contribution in [0.1, 0.15) is 49.8 Å². The minimum atomic E-state index is -0.260. The molecule has 1 unspecified atom stereocenters. The first-order valence-corrected chi connectivity index (χ1v) is 8.82. The van der Waals surface area contributed by atoms with Crippen LogP contribution in [-0.2, 0) is 16.0 Å². The fourth-order valence-electron chi connectivity index (χ4n) is 3.17. The molecule has 1 atom stereocenters. The Morgan fingerprint density at radius 2 is 2.16 bits per heavy atom. The van der Waals surface area contributed by atoms with Crippen molar-refractivity contribution in [2.75, 3.05) is 10.6 Å². The highest BCUT2D eigenvalue weighted by Crippen LogP contribution is 2.27. The number of aryl methyl sites for hydroxylation is 1. The lowest BCUT2D eigenvalue weighted by Gasteiger charge is -2.16. The molecule has 2 N–H and O–H groups in total. The summed E-state index contributed by atoms with van der Waals surface area (Å²) in [5.74, 6) is -0.253. The normalized spacial score (nSPS) is 14.8. The molecule has 2 heterocycles. The third-order valence-corrected chi connectivity index (χ3v) is 4.44. The first-order chi connectivity index (χ1) is 12.2. The highest BCUT2D eigenvalue weighted by Gasteiger charge is 2.21. The number of benzene rings is 1. The summed E-state index contributed by atoms with van der Waals surface area (Å²) in [6.07, 6.45) is 5.57. The van der Waals surface area contributed by atoms with Crippen molar-refractivity contribution in [3.05, 3.63) is 53.9 Å². The second-order valence-corrected chi connectivity index (χ2v) is 6.36. The molecule has 25 heavy (non-hydrogen) atoms. The highest BCUT2D eigenvalue weighted by molar-refractivity contribution is 5.97. The smallest absolute Gasteiger partial charge is 0.233 e. The van der Waals surface area contributed by atoms with Crippen LogP contribution < -0.4 is 10.6 Å². The van der Waals surface area contributed by atoms with Crippen LogP contribution in [0.3, 0.4) is 0 Å². The van der Waals surface area contributed by atoms with Crippen molar-refractivity contribution in [1.82, 2.24) is 4.98 Å². The van der Waals surface area contributed by atoms with E-state index in [2.05, 4.69) is 22.5 Å². The van der Waals surface area contributed by atoms with Crippen LogP contribution in [-0.4, -0.2) is 16.8 Å². The Hall–Kier alpha value is -2.69. The molecule has 0 bridgehead atoms. The Bertz CT molecular complexity index is 759. The van der Waals surface area contributed by atoms with Gasteiger partial charge < -0.3 is 10.6 Å². The number of fused-ring (bicyclic) bond motifs is 1. The van der Waals surface area contributed by atoms with Crippen molar-refractivity contribution >= 4 is 23.2 Å². The maximum atomic E-state index is 12.8. The number of nitrogens with one attached hydrogen (secondary N) is 2. The lowest BCUT2D eigenvalue weighted by molar-refractivity contribution is -0.118. The van der Waals surface area contributed by atoms with Gasteiger partial charge in [-0.3, -0.25) is 14.6 Å². The van der Waals surface area contributed by atoms with E-state index in [1.807, 2.05) is 36.4 Å². The lowest BCUT2D eigenvalue weighted by atomic mass is 9.97. The predicted octanol–water partition coefficient (Wildman–Crippen LogP) is 3.88. The average molecular weight is 337 g/mol. The van der Waals surface area contributed by atoms with Crippen LogP contribution in [0.25, 0.3) is 0 Å². The molecule has 0 spiro atoms. The van der Waals surface area contributed by atoms with Crippen molar-refractivity contribution < 1.29 is 9.59 Å². The number of anilines is 2. The Morgan fingerprint density at radius 1 is 1.28 bits per heavy atom. The number of carbonyl (C=O) groups excluding carboxylic acids is 2. The van der Waals surface area contributed by atoms with Gasteiger partial charge in [-0.15, -0.1) is 0 Å². The number of hydrogen-bond donors (Lipinski definition) is 2. The molecule has 0 fully saturated rings. The summed E-state index contributed by atoms with van der Waals surface area (Å²) in [5.41, 5.74) is 3.46. The average Bonchev–Trinajstić information content (AvgIpc) is 2.80. The fraction of sp³-hybridized carbons (Fsp3) is 0.350. The molecule has 0 saturated carbocycles. The molecule has 0 radical (unpaired) electrons. The topological polar surface area (TPSA) is 71.1 Å². The van der Waals surface area contributed by atoms with Crippen LogP contribution in [0.15, 0.2) is 42.6 Å². The van der Waals surface area contributed by atoms with Crippen molar-refractivity contribution in [2.24, 2.45) is 0 Å². The van der Waals surface area contributed by atoms with E-state index < -0.39 is 0 Å². The predicted molar refractivity (Wildman–Crippen MR) is 98.5 cm³/mol. The van der Waals surface area contributed by atoms with Crippen molar-refractivity contribution in [1.29, 1.82) is 0 Å². The minimum Gasteiger partial charge on any atom is -0.326 e. The Balaban J connectivity index is 1.77. The van der Waals surface area contributed by atoms with Gasteiger partial charge in [0.2, 0.25) is 11.8 Å². The molecular formula is C20H23N3O2. The highest BCUT2D eigenvalue weighted by atomic mass is 16.2. The van der Waals surface area contributed by atoms with Gasteiger partial charge in [-0.05, 0) is 55.2 Å². The largest absolute Gasteiger partial charge is 0.326 e. The summed E-state index contributed by atoms with van der Waals surface area (Å²) in [6.45, 7) is 2.06. The summed E-state index contributed by atoms with van der Waals surface area (Å²) in [6, 6.07) is 11.3. The molecule has 2 aromatic rings. The van der Waals surface area contributed by atoms with Gasteiger partial charge in [-0.1, -0.05) is 19.4 Å². The number of amides is 2. The van der Waals surface area contributed by atoms with E-state index in [-0.39, 0.29) is 17.7 Å². The standard InChI is InChI=1S/C20H23N3O2/c1-2-6-16(18-8-3-4-12-21-18)20(25)22-15-10-11-17-14(13-15)7-5-9-19(24)23-17/h3-4,8,10-13,16H,2,5-7,9H2,1H3,(H,22,25)(H,23,24).